The van der Waals surface area contributed by atoms with Gasteiger partial charge in [0.2, 0.25) is 5.91 Å². The summed E-state index contributed by atoms with van der Waals surface area (Å²) in [6.45, 7) is 0. The van der Waals surface area contributed by atoms with Crippen molar-refractivity contribution in [2.75, 3.05) is 24.9 Å². The first-order valence-electron chi connectivity index (χ1n) is 8.06. The van der Waals surface area contributed by atoms with Gasteiger partial charge in [0.05, 0.1) is 32.0 Å². The van der Waals surface area contributed by atoms with E-state index in [4.69, 9.17) is 21.1 Å². The van der Waals surface area contributed by atoms with E-state index in [9.17, 15) is 4.79 Å². The van der Waals surface area contributed by atoms with Crippen LogP contribution in [0.3, 0.4) is 0 Å². The molecule has 3 rings (SSSR count). The molecule has 1 heterocycles. The van der Waals surface area contributed by atoms with Crippen LogP contribution >= 0.6 is 22.9 Å². The number of methoxy groups -OCH3 is 2. The minimum absolute atomic E-state index is 0.147. The molecule has 140 valence electrons. The molecule has 2 N–H and O–H groups in total. The van der Waals surface area contributed by atoms with Crippen molar-refractivity contribution < 1.29 is 14.3 Å². The molecule has 6 nitrogen and oxygen atoms in total. The lowest BCUT2D eigenvalue weighted by atomic mass is 10.2. The Hall–Kier alpha value is -2.77. The normalized spacial score (nSPS) is 10.3. The number of nitrogens with one attached hydrogen (secondary N) is 2. The summed E-state index contributed by atoms with van der Waals surface area (Å²) < 4.78 is 10.5. The van der Waals surface area contributed by atoms with Gasteiger partial charge in [-0.1, -0.05) is 17.7 Å². The number of carbonyl (C=O) groups is 1. The summed E-state index contributed by atoms with van der Waals surface area (Å²) in [6, 6.07) is 12.6. The number of thiazole rings is 1. The molecule has 1 aromatic heterocycles. The minimum atomic E-state index is -0.193. The van der Waals surface area contributed by atoms with Crippen LogP contribution in [0.5, 0.6) is 11.5 Å². The van der Waals surface area contributed by atoms with Crippen LogP contribution in [-0.2, 0) is 11.2 Å². The summed E-state index contributed by atoms with van der Waals surface area (Å²) in [7, 11) is 3.11. The predicted octanol–water partition coefficient (Wildman–Crippen LogP) is 4.74. The highest BCUT2D eigenvalue weighted by Gasteiger charge is 2.12. The molecule has 0 bridgehead atoms. The Labute approximate surface area is 166 Å². The molecule has 0 radical (unpaired) electrons. The van der Waals surface area contributed by atoms with Gasteiger partial charge in [-0.15, -0.1) is 11.3 Å². The fraction of sp³-hybridized carbons (Fsp3) is 0.158. The molecule has 0 spiro atoms. The van der Waals surface area contributed by atoms with Crippen LogP contribution in [0.15, 0.2) is 47.8 Å². The van der Waals surface area contributed by atoms with Crippen molar-refractivity contribution in [1.82, 2.24) is 4.98 Å². The molecule has 27 heavy (non-hydrogen) atoms. The van der Waals surface area contributed by atoms with E-state index in [-0.39, 0.29) is 12.3 Å². The summed E-state index contributed by atoms with van der Waals surface area (Å²) >= 11 is 7.40. The Balaban J connectivity index is 1.64. The number of benzene rings is 2. The maximum atomic E-state index is 12.4. The molecule has 0 fully saturated rings. The third-order valence-electron chi connectivity index (χ3n) is 3.65. The molecule has 0 saturated heterocycles. The smallest absolute Gasteiger partial charge is 0.230 e. The topological polar surface area (TPSA) is 72.5 Å². The van der Waals surface area contributed by atoms with Gasteiger partial charge in [0.1, 0.15) is 11.5 Å². The zero-order chi connectivity index (χ0) is 19.2. The van der Waals surface area contributed by atoms with E-state index in [1.807, 2.05) is 23.6 Å². The molecule has 0 saturated carbocycles. The Morgan fingerprint density at radius 3 is 2.78 bits per heavy atom. The van der Waals surface area contributed by atoms with Crippen LogP contribution in [-0.4, -0.2) is 25.1 Å². The van der Waals surface area contributed by atoms with Crippen LogP contribution in [0.4, 0.5) is 16.5 Å². The summed E-state index contributed by atoms with van der Waals surface area (Å²) in [4.78, 5) is 16.8. The third kappa shape index (κ3) is 5.12. The standard InChI is InChI=1S/C19H18ClN3O3S/c1-25-15-6-7-17(26-2)16(10-15)23-18(24)9-14-11-27-19(22-14)21-13-5-3-4-12(20)8-13/h3-8,10-11H,9H2,1-2H3,(H,21,22)(H,23,24). The van der Waals surface area contributed by atoms with E-state index >= 15 is 0 Å². The van der Waals surface area contributed by atoms with Gasteiger partial charge in [0.15, 0.2) is 5.13 Å². The fourth-order valence-corrected chi connectivity index (χ4v) is 3.33. The first-order valence-corrected chi connectivity index (χ1v) is 9.32. The SMILES string of the molecule is COc1ccc(OC)c(NC(=O)Cc2csc(Nc3cccc(Cl)c3)n2)c1. The number of aromatic nitrogens is 1. The highest BCUT2D eigenvalue weighted by Crippen LogP contribution is 2.29. The molecule has 2 aromatic carbocycles. The Kier molecular flexibility index (Phi) is 6.16. The minimum Gasteiger partial charge on any atom is -0.497 e. The third-order valence-corrected chi connectivity index (χ3v) is 4.69. The van der Waals surface area contributed by atoms with E-state index in [1.165, 1.54) is 11.3 Å². The van der Waals surface area contributed by atoms with Crippen molar-refractivity contribution in [3.05, 3.63) is 58.6 Å². The summed E-state index contributed by atoms with van der Waals surface area (Å²) in [5, 5.41) is 9.19. The molecule has 0 unspecified atom stereocenters. The Bertz CT molecular complexity index is 945. The van der Waals surface area contributed by atoms with Gasteiger partial charge >= 0.3 is 0 Å². The Morgan fingerprint density at radius 1 is 1.19 bits per heavy atom. The second kappa shape index (κ2) is 8.75. The van der Waals surface area contributed by atoms with Crippen molar-refractivity contribution in [2.45, 2.75) is 6.42 Å². The summed E-state index contributed by atoms with van der Waals surface area (Å²) in [5.41, 5.74) is 2.06. The lowest BCUT2D eigenvalue weighted by Crippen LogP contribution is -2.15. The predicted molar refractivity (Wildman–Crippen MR) is 109 cm³/mol. The first kappa shape index (κ1) is 19.0. The van der Waals surface area contributed by atoms with Crippen molar-refractivity contribution >= 4 is 45.4 Å². The molecule has 0 atom stereocenters. The highest BCUT2D eigenvalue weighted by molar-refractivity contribution is 7.13. The van der Waals surface area contributed by atoms with Crippen molar-refractivity contribution in [2.24, 2.45) is 0 Å². The second-order valence-corrected chi connectivity index (χ2v) is 6.87. The number of hydrogen-bond donors (Lipinski definition) is 2. The molecule has 0 aliphatic rings. The quantitative estimate of drug-likeness (QED) is 0.596. The van der Waals surface area contributed by atoms with E-state index in [1.54, 1.807) is 38.5 Å². The highest BCUT2D eigenvalue weighted by atomic mass is 35.5. The second-order valence-electron chi connectivity index (χ2n) is 5.57. The van der Waals surface area contributed by atoms with Gasteiger partial charge in [-0.05, 0) is 30.3 Å². The molecule has 0 aliphatic carbocycles. The zero-order valence-electron chi connectivity index (χ0n) is 14.8. The van der Waals surface area contributed by atoms with E-state index < -0.39 is 0 Å². The van der Waals surface area contributed by atoms with Crippen LogP contribution in [0, 0.1) is 0 Å². The van der Waals surface area contributed by atoms with Gasteiger partial charge in [0, 0.05) is 22.2 Å². The number of nitrogens with zero attached hydrogens (tertiary/aromatic N) is 1. The van der Waals surface area contributed by atoms with E-state index in [0.29, 0.717) is 33.0 Å². The molecule has 0 aliphatic heterocycles. The lowest BCUT2D eigenvalue weighted by molar-refractivity contribution is -0.115. The largest absolute Gasteiger partial charge is 0.497 e. The zero-order valence-corrected chi connectivity index (χ0v) is 16.4. The van der Waals surface area contributed by atoms with Crippen molar-refractivity contribution in [3.8, 4) is 11.5 Å². The van der Waals surface area contributed by atoms with Gasteiger partial charge in [-0.3, -0.25) is 4.79 Å². The number of amides is 1. The van der Waals surface area contributed by atoms with E-state index in [0.717, 1.165) is 5.69 Å². The number of rotatable bonds is 7. The average Bonchev–Trinajstić information content (AvgIpc) is 3.08. The molecule has 8 heteroatoms. The van der Waals surface area contributed by atoms with Crippen LogP contribution in [0.2, 0.25) is 5.02 Å². The summed E-state index contributed by atoms with van der Waals surface area (Å²) in [5.74, 6) is 1.000. The number of carbonyl (C=O) groups excluding carboxylic acids is 1. The average molecular weight is 404 g/mol. The van der Waals surface area contributed by atoms with Crippen molar-refractivity contribution in [3.63, 3.8) is 0 Å². The maximum Gasteiger partial charge on any atom is 0.230 e. The number of halogens is 1. The lowest BCUT2D eigenvalue weighted by Gasteiger charge is -2.11. The Morgan fingerprint density at radius 2 is 2.04 bits per heavy atom. The molecular weight excluding hydrogens is 386 g/mol. The first-order chi connectivity index (χ1) is 13.1. The van der Waals surface area contributed by atoms with Gasteiger partial charge in [-0.25, -0.2) is 4.98 Å². The maximum absolute atomic E-state index is 12.4. The van der Waals surface area contributed by atoms with Crippen LogP contribution in [0.1, 0.15) is 5.69 Å². The molecular formula is C19H18ClN3O3S. The van der Waals surface area contributed by atoms with Gasteiger partial charge in [0.25, 0.3) is 0 Å². The summed E-state index contributed by atoms with van der Waals surface area (Å²) in [6.07, 6.45) is 0.147. The van der Waals surface area contributed by atoms with Crippen LogP contribution < -0.4 is 20.1 Å². The number of hydrogen-bond acceptors (Lipinski definition) is 6. The molecule has 1 amide bonds. The van der Waals surface area contributed by atoms with E-state index in [2.05, 4.69) is 15.6 Å². The van der Waals surface area contributed by atoms with Crippen LogP contribution in [0.25, 0.3) is 0 Å². The van der Waals surface area contributed by atoms with Gasteiger partial charge in [-0.2, -0.15) is 0 Å². The number of ether oxygens (including phenoxy) is 2. The van der Waals surface area contributed by atoms with Gasteiger partial charge < -0.3 is 20.1 Å². The number of anilines is 3. The van der Waals surface area contributed by atoms with Crippen molar-refractivity contribution in [1.29, 1.82) is 0 Å². The molecule has 3 aromatic rings. The fourth-order valence-electron chi connectivity index (χ4n) is 2.41. The monoisotopic (exact) mass is 403 g/mol.